The van der Waals surface area contributed by atoms with Crippen LogP contribution < -0.4 is 15.4 Å². The Labute approximate surface area is 110 Å². The van der Waals surface area contributed by atoms with E-state index in [9.17, 15) is 0 Å². The van der Waals surface area contributed by atoms with Gasteiger partial charge in [0.25, 0.3) is 0 Å². The quantitative estimate of drug-likeness (QED) is 0.889. The highest BCUT2D eigenvalue weighted by molar-refractivity contribution is 6.33. The Hall–Kier alpha value is -2.01. The Kier molecular flexibility index (Phi) is 3.84. The number of methoxy groups -OCH3 is 1. The van der Waals surface area contributed by atoms with Crippen molar-refractivity contribution in [3.8, 4) is 5.75 Å². The molecule has 2 N–H and O–H groups in total. The zero-order valence-electron chi connectivity index (χ0n) is 10.1. The first-order valence-corrected chi connectivity index (χ1v) is 5.72. The van der Waals surface area contributed by atoms with E-state index >= 15 is 0 Å². The monoisotopic (exact) mass is 264 g/mol. The van der Waals surface area contributed by atoms with Crippen LogP contribution in [0.25, 0.3) is 0 Å². The molecule has 0 bridgehead atoms. The van der Waals surface area contributed by atoms with Gasteiger partial charge >= 0.3 is 0 Å². The van der Waals surface area contributed by atoms with Crippen LogP contribution in [-0.2, 0) is 0 Å². The molecule has 0 fully saturated rings. The summed E-state index contributed by atoms with van der Waals surface area (Å²) < 4.78 is 5.15. The third-order valence-electron chi connectivity index (χ3n) is 2.32. The number of anilines is 3. The normalized spacial score (nSPS) is 9.94. The van der Waals surface area contributed by atoms with Crippen molar-refractivity contribution in [3.05, 3.63) is 35.5 Å². The predicted octanol–water partition coefficient (Wildman–Crippen LogP) is 2.92. The molecule has 1 aromatic heterocycles. The first-order valence-electron chi connectivity index (χ1n) is 5.34. The van der Waals surface area contributed by atoms with E-state index in [0.29, 0.717) is 16.8 Å². The summed E-state index contributed by atoms with van der Waals surface area (Å²) in [6.45, 7) is 0. The smallest absolute Gasteiger partial charge is 0.224 e. The fourth-order valence-electron chi connectivity index (χ4n) is 1.41. The van der Waals surface area contributed by atoms with Gasteiger partial charge in [-0.25, -0.2) is 4.98 Å². The minimum atomic E-state index is 0.541. The number of hydrogen-bond acceptors (Lipinski definition) is 5. The molecule has 0 aliphatic rings. The van der Waals surface area contributed by atoms with Crippen LogP contribution in [0.4, 0.5) is 17.5 Å². The van der Waals surface area contributed by atoms with E-state index in [1.165, 1.54) is 0 Å². The maximum Gasteiger partial charge on any atom is 0.224 e. The van der Waals surface area contributed by atoms with Crippen molar-refractivity contribution in [1.29, 1.82) is 0 Å². The van der Waals surface area contributed by atoms with E-state index < -0.39 is 0 Å². The molecule has 0 saturated carbocycles. The highest BCUT2D eigenvalue weighted by Gasteiger charge is 2.04. The first-order chi connectivity index (χ1) is 8.72. The van der Waals surface area contributed by atoms with Crippen LogP contribution in [0.15, 0.2) is 30.5 Å². The lowest BCUT2D eigenvalue weighted by Crippen LogP contribution is -2.00. The zero-order valence-corrected chi connectivity index (χ0v) is 10.8. The third kappa shape index (κ3) is 2.81. The lowest BCUT2D eigenvalue weighted by Gasteiger charge is -2.10. The van der Waals surface area contributed by atoms with Crippen molar-refractivity contribution in [2.45, 2.75) is 0 Å². The van der Waals surface area contributed by atoms with Crippen LogP contribution in [0.3, 0.4) is 0 Å². The van der Waals surface area contributed by atoms with Crippen molar-refractivity contribution in [2.75, 3.05) is 24.8 Å². The molecular weight excluding hydrogens is 252 g/mol. The fraction of sp³-hybridized carbons (Fsp3) is 0.167. The van der Waals surface area contributed by atoms with Gasteiger partial charge in [0.2, 0.25) is 5.95 Å². The van der Waals surface area contributed by atoms with Gasteiger partial charge in [0.15, 0.2) is 0 Å². The summed E-state index contributed by atoms with van der Waals surface area (Å²) in [7, 11) is 3.37. The van der Waals surface area contributed by atoms with Crippen molar-refractivity contribution < 1.29 is 4.74 Å². The molecule has 0 aliphatic heterocycles. The van der Waals surface area contributed by atoms with E-state index in [2.05, 4.69) is 20.6 Å². The number of nitrogens with one attached hydrogen (secondary N) is 2. The van der Waals surface area contributed by atoms with Crippen molar-refractivity contribution in [1.82, 2.24) is 9.97 Å². The van der Waals surface area contributed by atoms with Crippen LogP contribution in [0, 0.1) is 0 Å². The minimum absolute atomic E-state index is 0.541. The van der Waals surface area contributed by atoms with Gasteiger partial charge < -0.3 is 15.4 Å². The molecule has 94 valence electrons. The first kappa shape index (κ1) is 12.4. The molecule has 0 amide bonds. The third-order valence-corrected chi connectivity index (χ3v) is 2.65. The van der Waals surface area contributed by atoms with E-state index in [-0.39, 0.29) is 0 Å². The number of halogens is 1. The van der Waals surface area contributed by atoms with Crippen LogP contribution in [0.5, 0.6) is 5.75 Å². The van der Waals surface area contributed by atoms with Gasteiger partial charge in [0.05, 0.1) is 17.8 Å². The predicted molar refractivity (Wildman–Crippen MR) is 72.9 cm³/mol. The number of benzene rings is 1. The summed E-state index contributed by atoms with van der Waals surface area (Å²) in [6, 6.07) is 7.13. The van der Waals surface area contributed by atoms with Crippen LogP contribution in [0.2, 0.25) is 5.02 Å². The Morgan fingerprint density at radius 2 is 2.11 bits per heavy atom. The molecule has 0 radical (unpaired) electrons. The molecule has 5 nitrogen and oxygen atoms in total. The molecule has 1 aromatic carbocycles. The number of nitrogens with zero attached hydrogens (tertiary/aromatic N) is 2. The van der Waals surface area contributed by atoms with E-state index in [1.54, 1.807) is 38.6 Å². The summed E-state index contributed by atoms with van der Waals surface area (Å²) in [4.78, 5) is 8.29. The molecule has 0 spiro atoms. The second-order valence-electron chi connectivity index (χ2n) is 3.49. The van der Waals surface area contributed by atoms with Gasteiger partial charge in [0.1, 0.15) is 11.6 Å². The van der Waals surface area contributed by atoms with Crippen LogP contribution >= 0.6 is 11.6 Å². The molecular formula is C12H13ClN4O. The van der Waals surface area contributed by atoms with E-state index in [4.69, 9.17) is 16.3 Å². The highest BCUT2D eigenvalue weighted by atomic mass is 35.5. The second-order valence-corrected chi connectivity index (χ2v) is 3.89. The lowest BCUT2D eigenvalue weighted by molar-refractivity contribution is 0.415. The molecule has 0 atom stereocenters. The Morgan fingerprint density at radius 3 is 2.83 bits per heavy atom. The molecule has 2 aromatic rings. The number of aromatic nitrogens is 2. The molecule has 2 rings (SSSR count). The molecule has 6 heteroatoms. The fourth-order valence-corrected chi connectivity index (χ4v) is 1.58. The van der Waals surface area contributed by atoms with Gasteiger partial charge in [-0.1, -0.05) is 11.6 Å². The van der Waals surface area contributed by atoms with Crippen molar-refractivity contribution >= 4 is 29.1 Å². The minimum Gasteiger partial charge on any atom is -0.497 e. The highest BCUT2D eigenvalue weighted by Crippen LogP contribution is 2.28. The Balaban J connectivity index is 2.27. The number of hydrogen-bond donors (Lipinski definition) is 2. The largest absolute Gasteiger partial charge is 0.497 e. The molecule has 18 heavy (non-hydrogen) atoms. The average Bonchev–Trinajstić information content (AvgIpc) is 2.41. The van der Waals surface area contributed by atoms with Crippen molar-refractivity contribution in [3.63, 3.8) is 0 Å². The van der Waals surface area contributed by atoms with Crippen molar-refractivity contribution in [2.24, 2.45) is 0 Å². The molecule has 0 unspecified atom stereocenters. The molecule has 1 heterocycles. The SMILES string of the molecule is CNc1nccc(Nc2cc(OC)ccc2Cl)n1. The maximum absolute atomic E-state index is 6.10. The summed E-state index contributed by atoms with van der Waals surface area (Å²) in [5, 5.41) is 6.59. The average molecular weight is 265 g/mol. The van der Waals surface area contributed by atoms with Gasteiger partial charge in [-0.05, 0) is 18.2 Å². The van der Waals surface area contributed by atoms with Gasteiger partial charge in [-0.2, -0.15) is 4.98 Å². The van der Waals surface area contributed by atoms with Gasteiger partial charge in [0, 0.05) is 19.3 Å². The Bertz CT molecular complexity index is 547. The topological polar surface area (TPSA) is 59.1 Å². The lowest BCUT2D eigenvalue weighted by atomic mass is 10.3. The molecule has 0 saturated heterocycles. The number of ether oxygens (including phenoxy) is 1. The number of rotatable bonds is 4. The summed E-state index contributed by atoms with van der Waals surface area (Å²) in [5.74, 6) is 1.92. The Morgan fingerprint density at radius 1 is 1.28 bits per heavy atom. The molecule has 0 aliphatic carbocycles. The standard InChI is InChI=1S/C12H13ClN4O/c1-14-12-15-6-5-11(17-12)16-10-7-8(18-2)3-4-9(10)13/h3-7H,1-2H3,(H2,14,15,16,17). The second kappa shape index (κ2) is 5.55. The van der Waals surface area contributed by atoms with Gasteiger partial charge in [-0.15, -0.1) is 0 Å². The van der Waals surface area contributed by atoms with Gasteiger partial charge in [-0.3, -0.25) is 0 Å². The summed E-state index contributed by atoms with van der Waals surface area (Å²) in [5.41, 5.74) is 0.733. The van der Waals surface area contributed by atoms with E-state index in [0.717, 1.165) is 11.4 Å². The maximum atomic E-state index is 6.10. The van der Waals surface area contributed by atoms with Crippen LogP contribution in [0.1, 0.15) is 0 Å². The van der Waals surface area contributed by atoms with Crippen LogP contribution in [-0.4, -0.2) is 24.1 Å². The zero-order chi connectivity index (χ0) is 13.0. The van der Waals surface area contributed by atoms with E-state index in [1.807, 2.05) is 6.07 Å². The summed E-state index contributed by atoms with van der Waals surface area (Å²) >= 11 is 6.10. The summed E-state index contributed by atoms with van der Waals surface area (Å²) in [6.07, 6.45) is 1.66.